The molecule has 122 valence electrons. The summed E-state index contributed by atoms with van der Waals surface area (Å²) in [6, 6.07) is 9.98. The number of rotatable bonds is 5. The second-order valence-electron chi connectivity index (χ2n) is 4.98. The number of thioether (sulfide) groups is 1. The fourth-order valence-corrected chi connectivity index (χ4v) is 5.25. The van der Waals surface area contributed by atoms with E-state index in [0.29, 0.717) is 0 Å². The van der Waals surface area contributed by atoms with Crippen molar-refractivity contribution in [1.82, 2.24) is 24.6 Å². The van der Waals surface area contributed by atoms with Gasteiger partial charge in [-0.15, -0.1) is 33.3 Å². The SMILES string of the molecule is O=CN1CCSC1c1nnc(Sc2nccs2)n1-c1ccccc1. The Kier molecular flexibility index (Phi) is 4.54. The lowest BCUT2D eigenvalue weighted by Crippen LogP contribution is -2.23. The molecule has 24 heavy (non-hydrogen) atoms. The average molecular weight is 376 g/mol. The van der Waals surface area contributed by atoms with E-state index in [1.54, 1.807) is 34.2 Å². The Bertz CT molecular complexity index is 821. The summed E-state index contributed by atoms with van der Waals surface area (Å²) >= 11 is 4.76. The van der Waals surface area contributed by atoms with E-state index in [0.717, 1.165) is 39.7 Å². The van der Waals surface area contributed by atoms with Crippen LogP contribution in [0.25, 0.3) is 5.69 Å². The zero-order chi connectivity index (χ0) is 16.4. The molecule has 1 amide bonds. The minimum atomic E-state index is -0.110. The molecule has 4 rings (SSSR count). The second-order valence-corrected chi connectivity index (χ2v) is 8.28. The molecule has 0 radical (unpaired) electrons. The van der Waals surface area contributed by atoms with Crippen LogP contribution in [0.1, 0.15) is 11.2 Å². The molecule has 1 fully saturated rings. The Morgan fingerprint density at radius 1 is 1.25 bits per heavy atom. The Labute approximate surface area is 151 Å². The van der Waals surface area contributed by atoms with Crippen LogP contribution in [0.3, 0.4) is 0 Å². The molecule has 6 nitrogen and oxygen atoms in total. The first-order valence-electron chi connectivity index (χ1n) is 7.27. The molecular formula is C15H13N5OS3. The fraction of sp³-hybridized carbons (Fsp3) is 0.200. The molecule has 2 aromatic heterocycles. The molecule has 0 bridgehead atoms. The molecule has 1 unspecified atom stereocenters. The average Bonchev–Trinajstić information content (AvgIpc) is 3.36. The number of nitrogens with zero attached hydrogens (tertiary/aromatic N) is 5. The molecule has 0 spiro atoms. The maximum atomic E-state index is 11.3. The Morgan fingerprint density at radius 2 is 2.12 bits per heavy atom. The summed E-state index contributed by atoms with van der Waals surface area (Å²) in [4.78, 5) is 17.4. The number of carbonyl (C=O) groups excluding carboxylic acids is 1. The maximum absolute atomic E-state index is 11.3. The minimum Gasteiger partial charge on any atom is -0.325 e. The number of amides is 1. The van der Waals surface area contributed by atoms with Crippen LogP contribution in [0, 0.1) is 0 Å². The van der Waals surface area contributed by atoms with Crippen LogP contribution < -0.4 is 0 Å². The Hall–Kier alpha value is -1.84. The topological polar surface area (TPSA) is 63.9 Å². The van der Waals surface area contributed by atoms with Gasteiger partial charge < -0.3 is 4.90 Å². The normalized spacial score (nSPS) is 17.3. The molecular weight excluding hydrogens is 362 g/mol. The van der Waals surface area contributed by atoms with Gasteiger partial charge >= 0.3 is 0 Å². The molecule has 0 saturated carbocycles. The summed E-state index contributed by atoms with van der Waals surface area (Å²) in [5.74, 6) is 1.68. The van der Waals surface area contributed by atoms with Gasteiger partial charge in [0.15, 0.2) is 10.2 Å². The van der Waals surface area contributed by atoms with Gasteiger partial charge in [-0.25, -0.2) is 4.98 Å². The van der Waals surface area contributed by atoms with Crippen LogP contribution in [-0.4, -0.2) is 43.4 Å². The maximum Gasteiger partial charge on any atom is 0.211 e. The fourth-order valence-electron chi connectivity index (χ4n) is 2.48. The van der Waals surface area contributed by atoms with Crippen LogP contribution in [0.4, 0.5) is 0 Å². The van der Waals surface area contributed by atoms with Crippen molar-refractivity contribution in [3.05, 3.63) is 47.7 Å². The standard InChI is InChI=1S/C15H13N5OS3/c21-10-19-7-9-22-13(19)12-17-18-14(24-15-16-6-8-23-15)20(12)11-4-2-1-3-5-11/h1-6,8,10,13H,7,9H2. The lowest BCUT2D eigenvalue weighted by Gasteiger charge is -2.19. The molecule has 1 aromatic carbocycles. The number of para-hydroxylation sites is 1. The van der Waals surface area contributed by atoms with Gasteiger partial charge in [-0.05, 0) is 23.9 Å². The quantitative estimate of drug-likeness (QED) is 0.639. The minimum absolute atomic E-state index is 0.110. The van der Waals surface area contributed by atoms with Crippen molar-refractivity contribution in [3.8, 4) is 5.69 Å². The van der Waals surface area contributed by atoms with Crippen LogP contribution in [0.15, 0.2) is 51.4 Å². The van der Waals surface area contributed by atoms with Crippen molar-refractivity contribution < 1.29 is 4.79 Å². The van der Waals surface area contributed by atoms with Crippen molar-refractivity contribution >= 4 is 41.3 Å². The summed E-state index contributed by atoms with van der Waals surface area (Å²) in [6.07, 6.45) is 2.67. The van der Waals surface area contributed by atoms with E-state index in [1.165, 1.54) is 11.8 Å². The molecule has 1 aliphatic rings. The molecule has 3 aromatic rings. The van der Waals surface area contributed by atoms with Crippen molar-refractivity contribution in [3.63, 3.8) is 0 Å². The highest BCUT2D eigenvalue weighted by molar-refractivity contribution is 8.01. The lowest BCUT2D eigenvalue weighted by molar-refractivity contribution is -0.118. The van der Waals surface area contributed by atoms with E-state index in [2.05, 4.69) is 15.2 Å². The number of thiazole rings is 1. The van der Waals surface area contributed by atoms with Crippen molar-refractivity contribution in [2.75, 3.05) is 12.3 Å². The van der Waals surface area contributed by atoms with Crippen LogP contribution in [0.2, 0.25) is 0 Å². The first-order chi connectivity index (χ1) is 11.9. The summed E-state index contributed by atoms with van der Waals surface area (Å²) in [7, 11) is 0. The molecule has 1 aliphatic heterocycles. The lowest BCUT2D eigenvalue weighted by atomic mass is 10.3. The van der Waals surface area contributed by atoms with E-state index in [-0.39, 0.29) is 5.37 Å². The van der Waals surface area contributed by atoms with Crippen molar-refractivity contribution in [1.29, 1.82) is 0 Å². The summed E-state index contributed by atoms with van der Waals surface area (Å²) < 4.78 is 2.93. The first-order valence-corrected chi connectivity index (χ1v) is 10.0. The van der Waals surface area contributed by atoms with Gasteiger partial charge in [0.05, 0.1) is 0 Å². The smallest absolute Gasteiger partial charge is 0.211 e. The summed E-state index contributed by atoms with van der Waals surface area (Å²) in [6.45, 7) is 0.732. The van der Waals surface area contributed by atoms with Gasteiger partial charge in [-0.1, -0.05) is 18.2 Å². The number of benzene rings is 1. The van der Waals surface area contributed by atoms with Gasteiger partial charge in [-0.2, -0.15) is 0 Å². The third-order valence-electron chi connectivity index (χ3n) is 3.54. The zero-order valence-electron chi connectivity index (χ0n) is 12.5. The van der Waals surface area contributed by atoms with E-state index < -0.39 is 0 Å². The van der Waals surface area contributed by atoms with Crippen LogP contribution in [-0.2, 0) is 4.79 Å². The number of carbonyl (C=O) groups is 1. The van der Waals surface area contributed by atoms with E-state index in [9.17, 15) is 4.79 Å². The number of aromatic nitrogens is 4. The first kappa shape index (κ1) is 15.7. The molecule has 1 atom stereocenters. The van der Waals surface area contributed by atoms with Gasteiger partial charge in [0, 0.05) is 29.6 Å². The molecule has 1 saturated heterocycles. The van der Waals surface area contributed by atoms with E-state index in [1.807, 2.05) is 40.3 Å². The molecule has 3 heterocycles. The van der Waals surface area contributed by atoms with E-state index >= 15 is 0 Å². The predicted octanol–water partition coefficient (Wildman–Crippen LogP) is 3.08. The Balaban J connectivity index is 1.79. The summed E-state index contributed by atoms with van der Waals surface area (Å²) in [5.41, 5.74) is 0.981. The second kappa shape index (κ2) is 6.96. The van der Waals surface area contributed by atoms with Crippen LogP contribution in [0.5, 0.6) is 0 Å². The predicted molar refractivity (Wildman–Crippen MR) is 95.6 cm³/mol. The van der Waals surface area contributed by atoms with Gasteiger partial charge in [-0.3, -0.25) is 9.36 Å². The van der Waals surface area contributed by atoms with Gasteiger partial charge in [0.2, 0.25) is 11.6 Å². The largest absolute Gasteiger partial charge is 0.325 e. The highest BCUT2D eigenvalue weighted by atomic mass is 32.2. The molecule has 0 N–H and O–H groups in total. The highest BCUT2D eigenvalue weighted by Crippen LogP contribution is 2.39. The molecule has 0 aliphatic carbocycles. The van der Waals surface area contributed by atoms with Crippen molar-refractivity contribution in [2.24, 2.45) is 0 Å². The van der Waals surface area contributed by atoms with Crippen molar-refractivity contribution in [2.45, 2.75) is 14.9 Å². The van der Waals surface area contributed by atoms with E-state index in [4.69, 9.17) is 0 Å². The Morgan fingerprint density at radius 3 is 2.88 bits per heavy atom. The van der Waals surface area contributed by atoms with Gasteiger partial charge in [0.1, 0.15) is 5.37 Å². The van der Waals surface area contributed by atoms with Gasteiger partial charge in [0.25, 0.3) is 0 Å². The number of hydrogen-bond acceptors (Lipinski definition) is 7. The third kappa shape index (κ3) is 2.94. The number of hydrogen-bond donors (Lipinski definition) is 0. The monoisotopic (exact) mass is 375 g/mol. The highest BCUT2D eigenvalue weighted by Gasteiger charge is 2.31. The van der Waals surface area contributed by atoms with Crippen LogP contribution >= 0.6 is 34.9 Å². The zero-order valence-corrected chi connectivity index (χ0v) is 14.9. The summed E-state index contributed by atoms with van der Waals surface area (Å²) in [5, 5.41) is 11.3. The third-order valence-corrected chi connectivity index (χ3v) is 6.59. The molecule has 9 heteroatoms.